The molecule has 4 rings (SSSR count). The third-order valence-electron chi connectivity index (χ3n) is 4.66. The summed E-state index contributed by atoms with van der Waals surface area (Å²) in [5.41, 5.74) is 5.97. The zero-order chi connectivity index (χ0) is 20.6. The van der Waals surface area contributed by atoms with Crippen molar-refractivity contribution in [2.75, 3.05) is 0 Å². The van der Waals surface area contributed by atoms with Gasteiger partial charge in [-0.2, -0.15) is 0 Å². The Kier molecular flexibility index (Phi) is 6.37. The molecule has 4 aromatic carbocycles. The quantitative estimate of drug-likeness (QED) is 0.239. The number of aliphatic imine (C=N–C) groups is 1. The molecule has 0 aliphatic carbocycles. The van der Waals surface area contributed by atoms with Gasteiger partial charge in [0.15, 0.2) is 0 Å². The number of hydrogen-bond acceptors (Lipinski definition) is 1. The van der Waals surface area contributed by atoms with Crippen LogP contribution in [0.1, 0.15) is 22.3 Å². The van der Waals surface area contributed by atoms with Crippen molar-refractivity contribution in [3.63, 3.8) is 0 Å². The van der Waals surface area contributed by atoms with Gasteiger partial charge in [-0.15, -0.1) is 0 Å². The summed E-state index contributed by atoms with van der Waals surface area (Å²) < 4.78 is 0. The zero-order valence-corrected chi connectivity index (χ0v) is 17.1. The smallest absolute Gasteiger partial charge is 0.0808 e. The van der Waals surface area contributed by atoms with Crippen molar-refractivity contribution in [2.45, 2.75) is 0 Å². The van der Waals surface area contributed by atoms with Gasteiger partial charge in [0.25, 0.3) is 0 Å². The van der Waals surface area contributed by atoms with Crippen LogP contribution in [0.15, 0.2) is 120 Å². The van der Waals surface area contributed by atoms with Crippen LogP contribution in [0.2, 0.25) is 5.02 Å². The Labute approximate surface area is 182 Å². The molecule has 0 heterocycles. The normalized spacial score (nSPS) is 10.9. The Hall–Kier alpha value is -3.64. The predicted molar refractivity (Wildman–Crippen MR) is 129 cm³/mol. The number of nitrogens with zero attached hydrogens (tertiary/aromatic N) is 1. The van der Waals surface area contributed by atoms with E-state index >= 15 is 0 Å². The summed E-state index contributed by atoms with van der Waals surface area (Å²) in [6.07, 6.45) is 2.06. The van der Waals surface area contributed by atoms with E-state index in [1.165, 1.54) is 0 Å². The van der Waals surface area contributed by atoms with Gasteiger partial charge in [0, 0.05) is 10.6 Å². The van der Waals surface area contributed by atoms with Gasteiger partial charge >= 0.3 is 0 Å². The summed E-state index contributed by atoms with van der Waals surface area (Å²) in [6, 6.07) is 38.3. The molecule has 0 fully saturated rings. The third kappa shape index (κ3) is 5.04. The molecule has 0 bridgehead atoms. The molecule has 144 valence electrons. The Morgan fingerprint density at radius 1 is 0.600 bits per heavy atom. The lowest BCUT2D eigenvalue weighted by atomic mass is 9.99. The fourth-order valence-corrected chi connectivity index (χ4v) is 3.26. The minimum atomic E-state index is 0.701. The molecule has 0 unspecified atom stereocenters. The van der Waals surface area contributed by atoms with Gasteiger partial charge in [-0.05, 0) is 40.8 Å². The zero-order valence-electron chi connectivity index (χ0n) is 16.4. The van der Waals surface area contributed by atoms with Crippen molar-refractivity contribution in [3.05, 3.63) is 143 Å². The first-order valence-electron chi connectivity index (χ1n) is 9.77. The molecule has 0 aliphatic heterocycles. The molecule has 0 saturated heterocycles. The van der Waals surface area contributed by atoms with Gasteiger partial charge in [-0.25, -0.2) is 4.99 Å². The summed E-state index contributed by atoms with van der Waals surface area (Å²) in [5, 5.41) is 0.701. The summed E-state index contributed by atoms with van der Waals surface area (Å²) in [5.74, 6) is 3.33. The van der Waals surface area contributed by atoms with E-state index < -0.39 is 0 Å². The second-order valence-electron chi connectivity index (χ2n) is 6.78. The van der Waals surface area contributed by atoms with E-state index in [4.69, 9.17) is 16.6 Å². The van der Waals surface area contributed by atoms with Crippen LogP contribution in [-0.2, 0) is 0 Å². The van der Waals surface area contributed by atoms with Crippen molar-refractivity contribution >= 4 is 34.8 Å². The van der Waals surface area contributed by atoms with Crippen molar-refractivity contribution in [1.29, 1.82) is 0 Å². The second-order valence-corrected chi connectivity index (χ2v) is 7.21. The molecule has 30 heavy (non-hydrogen) atoms. The lowest BCUT2D eigenvalue weighted by Crippen LogP contribution is -1.89. The topological polar surface area (TPSA) is 12.4 Å². The molecule has 2 heteroatoms. The highest BCUT2D eigenvalue weighted by Crippen LogP contribution is 2.24. The van der Waals surface area contributed by atoms with Crippen molar-refractivity contribution in [1.82, 2.24) is 0 Å². The minimum absolute atomic E-state index is 0.701. The Bertz CT molecular complexity index is 1140. The Balaban J connectivity index is 1.88. The molecule has 0 aliphatic rings. The highest BCUT2D eigenvalue weighted by molar-refractivity contribution is 6.30. The van der Waals surface area contributed by atoms with E-state index in [0.717, 1.165) is 33.5 Å². The maximum Gasteiger partial charge on any atom is 0.0808 e. The molecule has 0 atom stereocenters. The molecule has 0 spiro atoms. The highest BCUT2D eigenvalue weighted by atomic mass is 35.5. The first-order chi connectivity index (χ1) is 14.8. The summed E-state index contributed by atoms with van der Waals surface area (Å²) in [4.78, 5) is 4.80. The van der Waals surface area contributed by atoms with Crippen LogP contribution >= 0.6 is 11.6 Å². The van der Waals surface area contributed by atoms with Gasteiger partial charge in [0.05, 0.1) is 11.3 Å². The molecular formula is C28H20ClN. The van der Waals surface area contributed by atoms with Gasteiger partial charge in [0.1, 0.15) is 0 Å². The van der Waals surface area contributed by atoms with Crippen LogP contribution in [0.3, 0.4) is 0 Å². The predicted octanol–water partition coefficient (Wildman–Crippen LogP) is 7.64. The van der Waals surface area contributed by atoms with Crippen molar-refractivity contribution in [3.8, 4) is 0 Å². The molecule has 0 saturated carbocycles. The standard InChI is InChI=1S/C28H20ClN/c29-26-18-16-25(17-19-26)28(20-22-10-4-1-5-11-22)30-21-27(23-12-6-2-7-13-23)24-14-8-3-9-15-24/h1-20H/b28-20+. The molecule has 0 radical (unpaired) electrons. The second kappa shape index (κ2) is 9.71. The van der Waals surface area contributed by atoms with Crippen LogP contribution in [0.4, 0.5) is 0 Å². The van der Waals surface area contributed by atoms with E-state index in [9.17, 15) is 0 Å². The average molecular weight is 406 g/mol. The monoisotopic (exact) mass is 405 g/mol. The van der Waals surface area contributed by atoms with E-state index in [0.29, 0.717) is 5.02 Å². The molecule has 0 N–H and O–H groups in total. The molecular weight excluding hydrogens is 386 g/mol. The molecule has 1 nitrogen and oxygen atoms in total. The lowest BCUT2D eigenvalue weighted by Gasteiger charge is -2.06. The van der Waals surface area contributed by atoms with E-state index in [-0.39, 0.29) is 0 Å². The van der Waals surface area contributed by atoms with Crippen molar-refractivity contribution < 1.29 is 0 Å². The molecule has 0 amide bonds. The number of hydrogen-bond donors (Lipinski definition) is 0. The van der Waals surface area contributed by atoms with Crippen LogP contribution in [0, 0.1) is 0 Å². The largest absolute Gasteiger partial charge is 0.205 e. The van der Waals surface area contributed by atoms with Crippen LogP contribution in [0.5, 0.6) is 0 Å². The summed E-state index contributed by atoms with van der Waals surface area (Å²) in [6.45, 7) is 0. The van der Waals surface area contributed by atoms with Gasteiger partial charge in [0.2, 0.25) is 0 Å². The first kappa shape index (κ1) is 19.7. The fraction of sp³-hybridized carbons (Fsp3) is 0. The van der Waals surface area contributed by atoms with E-state index in [2.05, 4.69) is 48.3 Å². The maximum atomic E-state index is 6.09. The number of halogens is 1. The van der Waals surface area contributed by atoms with E-state index in [1.807, 2.05) is 78.9 Å². The van der Waals surface area contributed by atoms with Crippen LogP contribution in [-0.4, -0.2) is 5.87 Å². The number of benzene rings is 4. The van der Waals surface area contributed by atoms with Gasteiger partial charge in [-0.3, -0.25) is 0 Å². The van der Waals surface area contributed by atoms with Gasteiger partial charge < -0.3 is 0 Å². The van der Waals surface area contributed by atoms with Crippen LogP contribution < -0.4 is 0 Å². The summed E-state index contributed by atoms with van der Waals surface area (Å²) >= 11 is 6.09. The molecule has 0 aromatic heterocycles. The van der Waals surface area contributed by atoms with E-state index in [1.54, 1.807) is 0 Å². The highest BCUT2D eigenvalue weighted by Gasteiger charge is 2.05. The Morgan fingerprint density at radius 2 is 1.10 bits per heavy atom. The SMILES string of the molecule is Clc1ccc(/C(=C\c2ccccc2)N=C=C(c2ccccc2)c2ccccc2)cc1. The lowest BCUT2D eigenvalue weighted by molar-refractivity contribution is 1.52. The maximum absolute atomic E-state index is 6.09. The van der Waals surface area contributed by atoms with Crippen molar-refractivity contribution in [2.24, 2.45) is 4.99 Å². The van der Waals surface area contributed by atoms with Crippen LogP contribution in [0.25, 0.3) is 17.3 Å². The molecule has 4 aromatic rings. The minimum Gasteiger partial charge on any atom is -0.205 e. The first-order valence-corrected chi connectivity index (χ1v) is 10.1. The van der Waals surface area contributed by atoms with Gasteiger partial charge in [-0.1, -0.05) is 115 Å². The summed E-state index contributed by atoms with van der Waals surface area (Å²) in [7, 11) is 0. The third-order valence-corrected chi connectivity index (χ3v) is 4.91. The average Bonchev–Trinajstić information content (AvgIpc) is 2.81. The fourth-order valence-electron chi connectivity index (χ4n) is 3.13. The Morgan fingerprint density at radius 3 is 1.63 bits per heavy atom. The number of rotatable bonds is 5.